The van der Waals surface area contributed by atoms with E-state index >= 15 is 0 Å². The van der Waals surface area contributed by atoms with Gasteiger partial charge in [0.05, 0.1) is 16.8 Å². The summed E-state index contributed by atoms with van der Waals surface area (Å²) in [4.78, 5) is 38.6. The average molecular weight is 441 g/mol. The molecule has 5 nitrogen and oxygen atoms in total. The third-order valence-corrected chi connectivity index (χ3v) is 5.91. The van der Waals surface area contributed by atoms with Crippen LogP contribution in [0.3, 0.4) is 0 Å². The van der Waals surface area contributed by atoms with Crippen LogP contribution < -0.4 is 5.01 Å². The number of rotatable bonds is 6. The molecule has 144 valence electrons. The highest BCUT2D eigenvalue weighted by Gasteiger charge is 2.53. The van der Waals surface area contributed by atoms with Crippen LogP contribution in [0.2, 0.25) is 0 Å². The SMILES string of the molecule is CC(=O)C(CC(=O)c1ccc(Br)cc1)C1(C)C(=O)N(c2ccccc2)N=C1C. The maximum Gasteiger partial charge on any atom is 0.259 e. The quantitative estimate of drug-likeness (QED) is 0.613. The molecule has 2 unspecified atom stereocenters. The summed E-state index contributed by atoms with van der Waals surface area (Å²) in [6, 6.07) is 16.1. The molecule has 28 heavy (non-hydrogen) atoms. The summed E-state index contributed by atoms with van der Waals surface area (Å²) in [5, 5.41) is 5.75. The van der Waals surface area contributed by atoms with Gasteiger partial charge in [-0.3, -0.25) is 14.4 Å². The first kappa shape index (κ1) is 20.1. The highest BCUT2D eigenvalue weighted by molar-refractivity contribution is 9.10. The zero-order chi connectivity index (χ0) is 20.5. The van der Waals surface area contributed by atoms with Crippen molar-refractivity contribution in [2.45, 2.75) is 27.2 Å². The molecule has 0 bridgehead atoms. The van der Waals surface area contributed by atoms with Gasteiger partial charge in [-0.05, 0) is 45.0 Å². The van der Waals surface area contributed by atoms with Crippen molar-refractivity contribution < 1.29 is 14.4 Å². The molecule has 0 aliphatic carbocycles. The molecule has 0 aromatic heterocycles. The van der Waals surface area contributed by atoms with Crippen LogP contribution in [-0.2, 0) is 9.59 Å². The van der Waals surface area contributed by atoms with Gasteiger partial charge in [0, 0.05) is 22.4 Å². The first-order chi connectivity index (χ1) is 13.2. The molecule has 1 aliphatic rings. The Hall–Kier alpha value is -2.60. The highest BCUT2D eigenvalue weighted by Crippen LogP contribution is 2.41. The van der Waals surface area contributed by atoms with E-state index in [1.54, 1.807) is 50.2 Å². The normalized spacial score (nSPS) is 20.1. The number of para-hydroxylation sites is 1. The number of hydrogen-bond acceptors (Lipinski definition) is 4. The van der Waals surface area contributed by atoms with Crippen molar-refractivity contribution in [2.75, 3.05) is 5.01 Å². The first-order valence-electron chi connectivity index (χ1n) is 8.99. The Labute approximate surface area is 172 Å². The first-order valence-corrected chi connectivity index (χ1v) is 9.79. The minimum absolute atomic E-state index is 0.0469. The van der Waals surface area contributed by atoms with E-state index in [9.17, 15) is 14.4 Å². The average Bonchev–Trinajstić information content (AvgIpc) is 2.91. The van der Waals surface area contributed by atoms with Crippen LogP contribution in [0.4, 0.5) is 5.69 Å². The predicted octanol–water partition coefficient (Wildman–Crippen LogP) is 4.66. The van der Waals surface area contributed by atoms with E-state index in [0.29, 0.717) is 17.0 Å². The molecule has 2 aromatic carbocycles. The molecule has 3 rings (SSSR count). The minimum Gasteiger partial charge on any atom is -0.300 e. The van der Waals surface area contributed by atoms with Crippen molar-refractivity contribution >= 4 is 44.8 Å². The topological polar surface area (TPSA) is 66.8 Å². The molecule has 6 heteroatoms. The number of carbonyl (C=O) groups excluding carboxylic acids is 3. The third kappa shape index (κ3) is 3.56. The van der Waals surface area contributed by atoms with Crippen LogP contribution >= 0.6 is 15.9 Å². The zero-order valence-corrected chi connectivity index (χ0v) is 17.6. The maximum atomic E-state index is 13.3. The van der Waals surface area contributed by atoms with E-state index in [1.165, 1.54) is 11.9 Å². The standard InChI is InChI=1S/C22H21BrN2O3/c1-14(26)19(13-20(27)16-9-11-17(23)12-10-16)22(3)15(2)24-25(21(22)28)18-7-5-4-6-8-18/h4-12,19H,13H2,1-3H3. The third-order valence-electron chi connectivity index (χ3n) is 5.38. The molecule has 0 fully saturated rings. The fraction of sp³-hybridized carbons (Fsp3) is 0.273. The van der Waals surface area contributed by atoms with Crippen LogP contribution in [0.1, 0.15) is 37.6 Å². The lowest BCUT2D eigenvalue weighted by Crippen LogP contribution is -2.46. The monoisotopic (exact) mass is 440 g/mol. The number of anilines is 1. The minimum atomic E-state index is -1.16. The van der Waals surface area contributed by atoms with Gasteiger partial charge < -0.3 is 0 Å². The molecule has 2 atom stereocenters. The summed E-state index contributed by atoms with van der Waals surface area (Å²) in [6.07, 6.45) is -0.0469. The Kier molecular flexibility index (Phi) is 5.61. The van der Waals surface area contributed by atoms with Crippen molar-refractivity contribution in [1.82, 2.24) is 0 Å². The van der Waals surface area contributed by atoms with Gasteiger partial charge in [-0.25, -0.2) is 0 Å². The van der Waals surface area contributed by atoms with Crippen LogP contribution in [0.15, 0.2) is 64.2 Å². The smallest absolute Gasteiger partial charge is 0.259 e. The van der Waals surface area contributed by atoms with Crippen LogP contribution in [0.5, 0.6) is 0 Å². The van der Waals surface area contributed by atoms with Crippen LogP contribution in [0, 0.1) is 11.3 Å². The van der Waals surface area contributed by atoms with E-state index in [2.05, 4.69) is 21.0 Å². The Morgan fingerprint density at radius 3 is 2.29 bits per heavy atom. The lowest BCUT2D eigenvalue weighted by Gasteiger charge is -2.31. The zero-order valence-electron chi connectivity index (χ0n) is 16.0. The molecule has 0 spiro atoms. The van der Waals surface area contributed by atoms with Crippen molar-refractivity contribution in [3.05, 3.63) is 64.6 Å². The van der Waals surface area contributed by atoms with Crippen LogP contribution in [0.25, 0.3) is 0 Å². The summed E-state index contributed by atoms with van der Waals surface area (Å²) < 4.78 is 0.867. The van der Waals surface area contributed by atoms with Gasteiger partial charge in [0.15, 0.2) is 5.78 Å². The molecule has 0 N–H and O–H groups in total. The van der Waals surface area contributed by atoms with Gasteiger partial charge in [-0.1, -0.05) is 46.3 Å². The van der Waals surface area contributed by atoms with E-state index in [-0.39, 0.29) is 23.9 Å². The molecule has 2 aromatic rings. The van der Waals surface area contributed by atoms with Crippen molar-refractivity contribution in [2.24, 2.45) is 16.4 Å². The number of hydrogen-bond donors (Lipinski definition) is 0. The Bertz CT molecular complexity index is 954. The second kappa shape index (κ2) is 7.80. The number of Topliss-reactive ketones (excluding diaryl/α,β-unsaturated/α-hetero) is 2. The van der Waals surface area contributed by atoms with Crippen molar-refractivity contribution in [3.8, 4) is 0 Å². The lowest BCUT2D eigenvalue weighted by atomic mass is 9.69. The molecule has 0 saturated heterocycles. The molecular formula is C22H21BrN2O3. The number of benzene rings is 2. The molecule has 1 heterocycles. The molecular weight excluding hydrogens is 420 g/mol. The van der Waals surface area contributed by atoms with E-state index < -0.39 is 11.3 Å². The summed E-state index contributed by atoms with van der Waals surface area (Å²) in [5.74, 6) is -1.45. The molecule has 0 radical (unpaired) electrons. The molecule has 0 saturated carbocycles. The summed E-state index contributed by atoms with van der Waals surface area (Å²) >= 11 is 3.34. The Morgan fingerprint density at radius 2 is 1.71 bits per heavy atom. The van der Waals surface area contributed by atoms with Crippen molar-refractivity contribution in [3.63, 3.8) is 0 Å². The fourth-order valence-electron chi connectivity index (χ4n) is 3.51. The number of nitrogens with zero attached hydrogens (tertiary/aromatic N) is 2. The summed E-state index contributed by atoms with van der Waals surface area (Å²) in [5.41, 5.74) is 0.521. The highest BCUT2D eigenvalue weighted by atomic mass is 79.9. The second-order valence-corrected chi connectivity index (χ2v) is 8.05. The summed E-state index contributed by atoms with van der Waals surface area (Å²) in [6.45, 7) is 4.87. The lowest BCUT2D eigenvalue weighted by molar-refractivity contribution is -0.132. The number of ketones is 2. The predicted molar refractivity (Wildman–Crippen MR) is 112 cm³/mol. The van der Waals surface area contributed by atoms with E-state index in [0.717, 1.165) is 4.47 Å². The Balaban J connectivity index is 1.92. The number of amides is 1. The van der Waals surface area contributed by atoms with Crippen LogP contribution in [-0.4, -0.2) is 23.2 Å². The van der Waals surface area contributed by atoms with E-state index in [1.807, 2.05) is 18.2 Å². The van der Waals surface area contributed by atoms with Gasteiger partial charge in [0.2, 0.25) is 0 Å². The number of hydrazone groups is 1. The van der Waals surface area contributed by atoms with Gasteiger partial charge in [0.25, 0.3) is 5.91 Å². The number of carbonyl (C=O) groups is 3. The van der Waals surface area contributed by atoms with Gasteiger partial charge in [-0.15, -0.1) is 0 Å². The van der Waals surface area contributed by atoms with Crippen molar-refractivity contribution in [1.29, 1.82) is 0 Å². The molecule has 1 amide bonds. The number of halogens is 1. The largest absolute Gasteiger partial charge is 0.300 e. The molecule has 1 aliphatic heterocycles. The van der Waals surface area contributed by atoms with E-state index in [4.69, 9.17) is 0 Å². The van der Waals surface area contributed by atoms with Gasteiger partial charge in [0.1, 0.15) is 5.78 Å². The maximum absolute atomic E-state index is 13.3. The Morgan fingerprint density at radius 1 is 1.11 bits per heavy atom. The van der Waals surface area contributed by atoms with Gasteiger partial charge >= 0.3 is 0 Å². The van der Waals surface area contributed by atoms with Gasteiger partial charge in [-0.2, -0.15) is 10.1 Å². The second-order valence-electron chi connectivity index (χ2n) is 7.14. The fourth-order valence-corrected chi connectivity index (χ4v) is 3.78. The summed E-state index contributed by atoms with van der Waals surface area (Å²) in [7, 11) is 0.